The van der Waals surface area contributed by atoms with Gasteiger partial charge in [-0.2, -0.15) is 0 Å². The van der Waals surface area contributed by atoms with E-state index in [0.717, 1.165) is 56.2 Å². The Balaban J connectivity index is 1.83. The molecule has 0 spiro atoms. The highest BCUT2D eigenvalue weighted by Crippen LogP contribution is 2.15. The Kier molecular flexibility index (Phi) is 6.85. The van der Waals surface area contributed by atoms with Crippen molar-refractivity contribution in [3.8, 4) is 0 Å². The van der Waals surface area contributed by atoms with Crippen molar-refractivity contribution in [3.05, 3.63) is 42.7 Å². The number of para-hydroxylation sites is 2. The molecule has 2 rings (SSSR count). The maximum atomic E-state index is 4.62. The minimum absolute atomic E-state index is 0.893. The van der Waals surface area contributed by atoms with Crippen molar-refractivity contribution in [3.63, 3.8) is 0 Å². The minimum atomic E-state index is 0.893. The molecule has 130 valence electrons. The van der Waals surface area contributed by atoms with Gasteiger partial charge in [0, 0.05) is 33.7 Å². The Labute approximate surface area is 145 Å². The zero-order chi connectivity index (χ0) is 17.4. The van der Waals surface area contributed by atoms with Crippen molar-refractivity contribution in [1.82, 2.24) is 19.8 Å². The predicted octanol–water partition coefficient (Wildman–Crippen LogP) is 3.21. The molecular weight excluding hydrogens is 298 g/mol. The van der Waals surface area contributed by atoms with Gasteiger partial charge in [0.25, 0.3) is 0 Å². The molecule has 5 nitrogen and oxygen atoms in total. The lowest BCUT2D eigenvalue weighted by Gasteiger charge is -2.22. The van der Waals surface area contributed by atoms with E-state index in [1.54, 1.807) is 0 Å². The Morgan fingerprint density at radius 3 is 2.92 bits per heavy atom. The van der Waals surface area contributed by atoms with Crippen LogP contribution in [0.3, 0.4) is 0 Å². The number of hydrogen-bond acceptors (Lipinski definition) is 2. The molecule has 0 saturated heterocycles. The Morgan fingerprint density at radius 1 is 1.38 bits per heavy atom. The van der Waals surface area contributed by atoms with Crippen LogP contribution < -0.4 is 5.32 Å². The molecule has 0 fully saturated rings. The summed E-state index contributed by atoms with van der Waals surface area (Å²) >= 11 is 0. The molecule has 0 amide bonds. The lowest BCUT2D eigenvalue weighted by atomic mass is 10.3. The molecule has 1 N–H and O–H groups in total. The number of hydrogen-bond donors (Lipinski definition) is 1. The Bertz CT molecular complexity index is 686. The molecule has 0 aliphatic carbocycles. The Hall–Kier alpha value is -2.30. The number of guanidine groups is 1. The van der Waals surface area contributed by atoms with E-state index in [1.807, 2.05) is 19.2 Å². The first-order valence-corrected chi connectivity index (χ1v) is 8.62. The lowest BCUT2D eigenvalue weighted by Crippen LogP contribution is -2.40. The van der Waals surface area contributed by atoms with E-state index >= 15 is 0 Å². The fraction of sp³-hybridized carbons (Fsp3) is 0.474. The molecule has 0 saturated carbocycles. The highest BCUT2D eigenvalue weighted by atomic mass is 15.3. The summed E-state index contributed by atoms with van der Waals surface area (Å²) in [5.41, 5.74) is 2.28. The minimum Gasteiger partial charge on any atom is -0.356 e. The number of nitrogens with one attached hydrogen (secondary N) is 1. The molecule has 1 aromatic carbocycles. The van der Waals surface area contributed by atoms with E-state index < -0.39 is 0 Å². The largest absolute Gasteiger partial charge is 0.356 e. The summed E-state index contributed by atoms with van der Waals surface area (Å²) in [6.07, 6.45) is 5.12. The molecule has 0 unspecified atom stereocenters. The molecule has 0 aliphatic rings. The van der Waals surface area contributed by atoms with E-state index in [1.165, 1.54) is 5.52 Å². The number of aliphatic imine (C=N–C) groups is 1. The number of fused-ring (bicyclic) bond motifs is 1. The highest BCUT2D eigenvalue weighted by molar-refractivity contribution is 5.79. The second kappa shape index (κ2) is 9.11. The molecule has 0 atom stereocenters. The molecule has 24 heavy (non-hydrogen) atoms. The smallest absolute Gasteiger partial charge is 0.193 e. The normalized spacial score (nSPS) is 11.7. The topological polar surface area (TPSA) is 45.5 Å². The zero-order valence-corrected chi connectivity index (χ0v) is 15.1. The number of aromatic nitrogens is 2. The van der Waals surface area contributed by atoms with E-state index in [4.69, 9.17) is 0 Å². The first-order valence-electron chi connectivity index (χ1n) is 8.62. The molecular formula is C19H29N5. The molecule has 0 radical (unpaired) electrons. The molecule has 5 heteroatoms. The monoisotopic (exact) mass is 327 g/mol. The van der Waals surface area contributed by atoms with Crippen LogP contribution >= 0.6 is 0 Å². The zero-order valence-electron chi connectivity index (χ0n) is 15.1. The fourth-order valence-electron chi connectivity index (χ4n) is 2.88. The summed E-state index contributed by atoms with van der Waals surface area (Å²) in [6.45, 7) is 8.66. The van der Waals surface area contributed by atoms with Crippen molar-refractivity contribution < 1.29 is 0 Å². The Morgan fingerprint density at radius 2 is 2.17 bits per heavy atom. The van der Waals surface area contributed by atoms with Crippen LogP contribution in [0.2, 0.25) is 0 Å². The maximum Gasteiger partial charge on any atom is 0.193 e. The van der Waals surface area contributed by atoms with Crippen LogP contribution in [0.4, 0.5) is 0 Å². The van der Waals surface area contributed by atoms with Gasteiger partial charge in [-0.1, -0.05) is 18.2 Å². The van der Waals surface area contributed by atoms with E-state index in [0.29, 0.717) is 0 Å². The van der Waals surface area contributed by atoms with Crippen LogP contribution in [-0.2, 0) is 6.54 Å². The second-order valence-corrected chi connectivity index (χ2v) is 5.98. The summed E-state index contributed by atoms with van der Waals surface area (Å²) < 4.78 is 2.29. The van der Waals surface area contributed by atoms with E-state index in [9.17, 15) is 0 Å². The molecule has 0 aliphatic heterocycles. The van der Waals surface area contributed by atoms with Gasteiger partial charge in [0.05, 0.1) is 11.0 Å². The van der Waals surface area contributed by atoms with Gasteiger partial charge in [-0.25, -0.2) is 4.98 Å². The third-order valence-corrected chi connectivity index (χ3v) is 4.16. The van der Waals surface area contributed by atoms with Crippen molar-refractivity contribution >= 4 is 17.0 Å². The average molecular weight is 327 g/mol. The second-order valence-electron chi connectivity index (χ2n) is 5.98. The number of nitrogens with zero attached hydrogens (tertiary/aromatic N) is 4. The number of imidazole rings is 1. The number of unbranched alkanes of at least 4 members (excludes halogenated alkanes) is 1. The third-order valence-electron chi connectivity index (χ3n) is 4.16. The van der Waals surface area contributed by atoms with Gasteiger partial charge >= 0.3 is 0 Å². The average Bonchev–Trinajstić information content (AvgIpc) is 2.90. The van der Waals surface area contributed by atoms with Crippen molar-refractivity contribution in [1.29, 1.82) is 0 Å². The van der Waals surface area contributed by atoms with Gasteiger partial charge < -0.3 is 14.8 Å². The fourth-order valence-corrected chi connectivity index (χ4v) is 2.88. The van der Waals surface area contributed by atoms with Crippen molar-refractivity contribution in [2.45, 2.75) is 32.7 Å². The predicted molar refractivity (Wildman–Crippen MR) is 103 cm³/mol. The summed E-state index contributed by atoms with van der Waals surface area (Å²) in [5.74, 6) is 2.02. The lowest BCUT2D eigenvalue weighted by molar-refractivity contribution is 0.467. The number of aryl methyl sites for hydroxylation is 2. The van der Waals surface area contributed by atoms with Crippen LogP contribution in [0.1, 0.15) is 25.1 Å². The first kappa shape index (κ1) is 18.0. The van der Waals surface area contributed by atoms with Gasteiger partial charge in [-0.15, -0.1) is 6.58 Å². The molecule has 1 heterocycles. The quantitative estimate of drug-likeness (QED) is 0.350. The molecule has 1 aromatic heterocycles. The summed E-state index contributed by atoms with van der Waals surface area (Å²) in [5, 5.41) is 3.44. The SMILES string of the molecule is C=CCCCN(C)C(=NC)NCCCn1c(C)nc2ccccc21. The standard InChI is InChI=1S/C19H29N5/c1-5-6-9-14-23(4)19(20-3)21-13-10-15-24-16(2)22-17-11-7-8-12-18(17)24/h5,7-8,11-12H,1,6,9-10,13-15H2,2-4H3,(H,20,21). The molecule has 0 bridgehead atoms. The van der Waals surface area contributed by atoms with Crippen LogP contribution in [0.5, 0.6) is 0 Å². The van der Waals surface area contributed by atoms with Crippen LogP contribution in [0.25, 0.3) is 11.0 Å². The van der Waals surface area contributed by atoms with Crippen molar-refractivity contribution in [2.24, 2.45) is 4.99 Å². The van der Waals surface area contributed by atoms with Gasteiger partial charge in [-0.3, -0.25) is 4.99 Å². The van der Waals surface area contributed by atoms with Crippen LogP contribution in [-0.4, -0.2) is 47.6 Å². The first-order chi connectivity index (χ1) is 11.7. The summed E-state index contributed by atoms with van der Waals surface area (Å²) in [6, 6.07) is 8.30. The molecule has 2 aromatic rings. The summed E-state index contributed by atoms with van der Waals surface area (Å²) in [7, 11) is 3.91. The summed E-state index contributed by atoms with van der Waals surface area (Å²) in [4.78, 5) is 11.1. The van der Waals surface area contributed by atoms with Gasteiger partial charge in [0.15, 0.2) is 5.96 Å². The van der Waals surface area contributed by atoms with Crippen molar-refractivity contribution in [2.75, 3.05) is 27.2 Å². The van der Waals surface area contributed by atoms with Gasteiger partial charge in [0.2, 0.25) is 0 Å². The van der Waals surface area contributed by atoms with E-state index in [-0.39, 0.29) is 0 Å². The highest BCUT2D eigenvalue weighted by Gasteiger charge is 2.07. The number of allylic oxidation sites excluding steroid dienone is 1. The van der Waals surface area contributed by atoms with Crippen LogP contribution in [0.15, 0.2) is 41.9 Å². The van der Waals surface area contributed by atoms with Gasteiger partial charge in [-0.05, 0) is 38.3 Å². The van der Waals surface area contributed by atoms with Crippen LogP contribution in [0, 0.1) is 6.92 Å². The number of benzene rings is 1. The maximum absolute atomic E-state index is 4.62. The van der Waals surface area contributed by atoms with Gasteiger partial charge in [0.1, 0.15) is 5.82 Å². The van der Waals surface area contributed by atoms with E-state index in [2.05, 4.69) is 63.5 Å². The number of rotatable bonds is 8. The third kappa shape index (κ3) is 4.60.